The monoisotopic (exact) mass is 415 g/mol. The molecule has 0 amide bonds. The molecule has 3 rings (SSSR count). The standard InChI is InChI=1S/C18H16F3NO5S/c19-18(20,21)16-14(17(23)24)9-12-8-13(6-7-15(12)27-16)28(25,26)22-10-11-4-2-1-3-5-11/h1-9,16-17,22-24H,10H2. The lowest BCUT2D eigenvalue weighted by Gasteiger charge is -2.29. The highest BCUT2D eigenvalue weighted by atomic mass is 32.2. The first-order valence-corrected chi connectivity index (χ1v) is 9.55. The van der Waals surface area contributed by atoms with Crippen molar-refractivity contribution in [2.45, 2.75) is 30.0 Å². The normalized spacial score (nSPS) is 17.1. The molecule has 0 aromatic heterocycles. The molecule has 0 bridgehead atoms. The van der Waals surface area contributed by atoms with Crippen molar-refractivity contribution in [1.82, 2.24) is 4.72 Å². The molecule has 0 spiro atoms. The number of aliphatic hydroxyl groups is 2. The van der Waals surface area contributed by atoms with Gasteiger partial charge in [0.15, 0.2) is 6.29 Å². The lowest BCUT2D eigenvalue weighted by molar-refractivity contribution is -0.192. The van der Waals surface area contributed by atoms with Crippen molar-refractivity contribution in [2.75, 3.05) is 0 Å². The number of ether oxygens (including phenoxy) is 1. The summed E-state index contributed by atoms with van der Waals surface area (Å²) < 4.78 is 71.4. The van der Waals surface area contributed by atoms with Crippen LogP contribution in [0.1, 0.15) is 11.1 Å². The summed E-state index contributed by atoms with van der Waals surface area (Å²) in [6, 6.07) is 12.1. The molecule has 1 aliphatic rings. The first kappa shape index (κ1) is 20.3. The van der Waals surface area contributed by atoms with E-state index in [0.29, 0.717) is 0 Å². The largest absolute Gasteiger partial charge is 0.476 e. The van der Waals surface area contributed by atoms with Gasteiger partial charge in [-0.3, -0.25) is 0 Å². The second-order valence-electron chi connectivity index (χ2n) is 6.07. The third kappa shape index (κ3) is 4.36. The van der Waals surface area contributed by atoms with E-state index < -0.39 is 34.2 Å². The summed E-state index contributed by atoms with van der Waals surface area (Å²) in [5.74, 6) is -0.214. The summed E-state index contributed by atoms with van der Waals surface area (Å²) in [4.78, 5) is -0.195. The number of alkyl halides is 3. The summed E-state index contributed by atoms with van der Waals surface area (Å²) in [6.07, 6.45) is -8.93. The molecular formula is C18H16F3NO5S. The van der Waals surface area contributed by atoms with Crippen molar-refractivity contribution in [3.8, 4) is 5.75 Å². The Bertz CT molecular complexity index is 988. The molecule has 0 saturated heterocycles. The van der Waals surface area contributed by atoms with Gasteiger partial charge in [-0.15, -0.1) is 0 Å². The first-order valence-electron chi connectivity index (χ1n) is 8.06. The highest BCUT2D eigenvalue weighted by molar-refractivity contribution is 7.89. The maximum atomic E-state index is 13.1. The fraction of sp³-hybridized carbons (Fsp3) is 0.222. The SMILES string of the molecule is O=S(=O)(NCc1ccccc1)c1ccc2c(c1)C=C(C(O)O)C(C(F)(F)F)O2. The van der Waals surface area contributed by atoms with Gasteiger partial charge >= 0.3 is 6.18 Å². The van der Waals surface area contributed by atoms with Crippen LogP contribution in [-0.4, -0.2) is 37.2 Å². The van der Waals surface area contributed by atoms with Gasteiger partial charge in [0.1, 0.15) is 5.75 Å². The van der Waals surface area contributed by atoms with Gasteiger partial charge in [0, 0.05) is 17.7 Å². The zero-order valence-electron chi connectivity index (χ0n) is 14.2. The van der Waals surface area contributed by atoms with Crippen molar-refractivity contribution < 1.29 is 36.5 Å². The zero-order chi connectivity index (χ0) is 20.5. The Labute approximate surface area is 158 Å². The molecule has 0 radical (unpaired) electrons. The van der Waals surface area contributed by atoms with E-state index in [1.54, 1.807) is 30.3 Å². The van der Waals surface area contributed by atoms with E-state index in [1.807, 2.05) is 0 Å². The first-order chi connectivity index (χ1) is 13.1. The number of nitrogens with one attached hydrogen (secondary N) is 1. The van der Waals surface area contributed by atoms with Crippen LogP contribution in [0.3, 0.4) is 0 Å². The molecule has 0 aliphatic carbocycles. The number of aliphatic hydroxyl groups excluding tert-OH is 1. The Morgan fingerprint density at radius 2 is 1.79 bits per heavy atom. The highest BCUT2D eigenvalue weighted by Gasteiger charge is 2.47. The van der Waals surface area contributed by atoms with Crippen molar-refractivity contribution in [3.05, 3.63) is 65.2 Å². The van der Waals surface area contributed by atoms with Crippen LogP contribution in [-0.2, 0) is 16.6 Å². The summed E-state index contributed by atoms with van der Waals surface area (Å²) >= 11 is 0. The number of halogens is 3. The minimum atomic E-state index is -4.87. The lowest BCUT2D eigenvalue weighted by Crippen LogP contribution is -2.41. The van der Waals surface area contributed by atoms with Crippen LogP contribution < -0.4 is 9.46 Å². The molecule has 2 aromatic rings. The molecule has 150 valence electrons. The number of benzene rings is 2. The molecule has 1 unspecified atom stereocenters. The quantitative estimate of drug-likeness (QED) is 0.651. The second kappa shape index (κ2) is 7.55. The summed E-state index contributed by atoms with van der Waals surface area (Å²) in [5, 5.41) is 18.5. The molecule has 0 fully saturated rings. The highest BCUT2D eigenvalue weighted by Crippen LogP contribution is 2.38. The minimum Gasteiger partial charge on any atom is -0.476 e. The predicted octanol–water partition coefficient (Wildman–Crippen LogP) is 2.18. The maximum absolute atomic E-state index is 13.1. The van der Waals surface area contributed by atoms with E-state index in [-0.39, 0.29) is 22.8 Å². The molecule has 1 heterocycles. The molecule has 28 heavy (non-hydrogen) atoms. The molecule has 2 aromatic carbocycles. The minimum absolute atomic E-state index is 0.00816. The van der Waals surface area contributed by atoms with Crippen LogP contribution in [0.15, 0.2) is 59.0 Å². The maximum Gasteiger partial charge on any atom is 0.429 e. The second-order valence-corrected chi connectivity index (χ2v) is 7.83. The van der Waals surface area contributed by atoms with Crippen molar-refractivity contribution >= 4 is 16.1 Å². The Hall–Kier alpha value is -2.40. The van der Waals surface area contributed by atoms with Crippen molar-refractivity contribution in [3.63, 3.8) is 0 Å². The van der Waals surface area contributed by atoms with Crippen molar-refractivity contribution in [2.24, 2.45) is 0 Å². The van der Waals surface area contributed by atoms with E-state index >= 15 is 0 Å². The van der Waals surface area contributed by atoms with Crippen LogP contribution in [0.5, 0.6) is 5.75 Å². The number of fused-ring (bicyclic) bond motifs is 1. The van der Waals surface area contributed by atoms with Gasteiger partial charge in [0.2, 0.25) is 16.1 Å². The molecule has 3 N–H and O–H groups in total. The van der Waals surface area contributed by atoms with Gasteiger partial charge in [-0.25, -0.2) is 13.1 Å². The Kier molecular flexibility index (Phi) is 5.48. The third-order valence-corrected chi connectivity index (χ3v) is 5.46. The van der Waals surface area contributed by atoms with Gasteiger partial charge in [-0.1, -0.05) is 30.3 Å². The fourth-order valence-electron chi connectivity index (χ4n) is 2.69. The van der Waals surface area contributed by atoms with Crippen LogP contribution in [0.2, 0.25) is 0 Å². The molecule has 1 atom stereocenters. The van der Waals surface area contributed by atoms with Crippen LogP contribution in [0.25, 0.3) is 6.08 Å². The smallest absolute Gasteiger partial charge is 0.429 e. The molecular weight excluding hydrogens is 399 g/mol. The summed E-state index contributed by atoms with van der Waals surface area (Å²) in [6.45, 7) is 0.0311. The fourth-order valence-corrected chi connectivity index (χ4v) is 3.74. The lowest BCUT2D eigenvalue weighted by atomic mass is 10.0. The van der Waals surface area contributed by atoms with E-state index in [1.165, 1.54) is 0 Å². The number of sulfonamides is 1. The van der Waals surface area contributed by atoms with E-state index in [0.717, 1.165) is 29.8 Å². The zero-order valence-corrected chi connectivity index (χ0v) is 15.0. The van der Waals surface area contributed by atoms with Crippen LogP contribution in [0, 0.1) is 0 Å². The number of hydrogen-bond donors (Lipinski definition) is 3. The number of hydrogen-bond acceptors (Lipinski definition) is 5. The van der Waals surface area contributed by atoms with Gasteiger partial charge in [0.05, 0.1) is 4.90 Å². The average Bonchev–Trinajstić information content (AvgIpc) is 2.65. The Morgan fingerprint density at radius 3 is 2.39 bits per heavy atom. The molecule has 1 aliphatic heterocycles. The molecule has 6 nitrogen and oxygen atoms in total. The van der Waals surface area contributed by atoms with Gasteiger partial charge < -0.3 is 14.9 Å². The Balaban J connectivity index is 1.90. The summed E-state index contributed by atoms with van der Waals surface area (Å²) in [5.41, 5.74) is -0.107. The molecule has 10 heteroatoms. The van der Waals surface area contributed by atoms with Crippen LogP contribution in [0.4, 0.5) is 13.2 Å². The third-order valence-electron chi connectivity index (χ3n) is 4.07. The van der Waals surface area contributed by atoms with E-state index in [4.69, 9.17) is 4.74 Å². The van der Waals surface area contributed by atoms with Crippen molar-refractivity contribution in [1.29, 1.82) is 0 Å². The topological polar surface area (TPSA) is 95.9 Å². The van der Waals surface area contributed by atoms with Gasteiger partial charge in [-0.2, -0.15) is 13.2 Å². The average molecular weight is 415 g/mol. The number of rotatable bonds is 5. The van der Waals surface area contributed by atoms with Crippen LogP contribution >= 0.6 is 0 Å². The molecule has 0 saturated carbocycles. The van der Waals surface area contributed by atoms with Gasteiger partial charge in [0.25, 0.3) is 0 Å². The van der Waals surface area contributed by atoms with E-state index in [9.17, 15) is 31.8 Å². The van der Waals surface area contributed by atoms with E-state index in [2.05, 4.69) is 4.72 Å². The predicted molar refractivity (Wildman–Crippen MR) is 93.6 cm³/mol. The summed E-state index contributed by atoms with van der Waals surface area (Å²) in [7, 11) is -3.95. The van der Waals surface area contributed by atoms with Gasteiger partial charge in [-0.05, 0) is 29.8 Å². The Morgan fingerprint density at radius 1 is 1.11 bits per heavy atom.